The van der Waals surface area contributed by atoms with E-state index in [9.17, 15) is 4.79 Å². The van der Waals surface area contributed by atoms with Crippen molar-refractivity contribution in [2.45, 2.75) is 20.4 Å². The van der Waals surface area contributed by atoms with Crippen molar-refractivity contribution in [3.63, 3.8) is 0 Å². The van der Waals surface area contributed by atoms with Crippen LogP contribution < -0.4 is 9.64 Å². The number of aryl methyl sites for hydroxylation is 2. The molecule has 0 saturated carbocycles. The number of benzene rings is 1. The van der Waals surface area contributed by atoms with Gasteiger partial charge in [-0.15, -0.1) is 0 Å². The highest BCUT2D eigenvalue weighted by Crippen LogP contribution is 2.33. The summed E-state index contributed by atoms with van der Waals surface area (Å²) in [4.78, 5) is 24.1. The van der Waals surface area contributed by atoms with Gasteiger partial charge in [-0.2, -0.15) is 0 Å². The summed E-state index contributed by atoms with van der Waals surface area (Å²) < 4.78 is 11.8. The van der Waals surface area contributed by atoms with E-state index >= 15 is 0 Å². The van der Waals surface area contributed by atoms with Crippen LogP contribution >= 0.6 is 11.3 Å². The lowest BCUT2D eigenvalue weighted by Gasteiger charge is -2.19. The van der Waals surface area contributed by atoms with Crippen LogP contribution in [-0.2, 0) is 6.54 Å². The highest BCUT2D eigenvalue weighted by atomic mass is 32.1. The van der Waals surface area contributed by atoms with Crippen molar-refractivity contribution in [1.82, 2.24) is 9.97 Å². The van der Waals surface area contributed by atoms with Gasteiger partial charge in [0.1, 0.15) is 17.3 Å². The number of ether oxygens (including phenoxy) is 1. The summed E-state index contributed by atoms with van der Waals surface area (Å²) >= 11 is 1.45. The van der Waals surface area contributed by atoms with Gasteiger partial charge in [0.25, 0.3) is 5.91 Å². The van der Waals surface area contributed by atoms with Crippen molar-refractivity contribution in [1.29, 1.82) is 0 Å². The standard InChI is InChI=1S/C21H19N3O3S/c1-13-10-17(14(2)27-13)20(25)24(12-15-6-4-5-9-22-15)21-23-18-8-7-16(26-3)11-19(18)28-21/h4-11H,12H2,1-3H3. The van der Waals surface area contributed by atoms with Gasteiger partial charge in [-0.25, -0.2) is 4.98 Å². The minimum atomic E-state index is -0.161. The average Bonchev–Trinajstić information content (AvgIpc) is 3.27. The molecule has 142 valence electrons. The molecule has 3 aromatic heterocycles. The Morgan fingerprint density at radius 1 is 1.21 bits per heavy atom. The Morgan fingerprint density at radius 2 is 2.07 bits per heavy atom. The van der Waals surface area contributed by atoms with Gasteiger partial charge in [0, 0.05) is 6.20 Å². The van der Waals surface area contributed by atoms with Crippen LogP contribution in [0.15, 0.2) is 53.1 Å². The summed E-state index contributed by atoms with van der Waals surface area (Å²) in [6.45, 7) is 3.94. The summed E-state index contributed by atoms with van der Waals surface area (Å²) in [7, 11) is 1.63. The molecule has 0 radical (unpaired) electrons. The Balaban J connectivity index is 1.78. The monoisotopic (exact) mass is 393 g/mol. The predicted molar refractivity (Wildman–Crippen MR) is 109 cm³/mol. The fourth-order valence-corrected chi connectivity index (χ4v) is 4.00. The molecule has 1 aromatic carbocycles. The molecule has 4 rings (SSSR count). The highest BCUT2D eigenvalue weighted by Gasteiger charge is 2.25. The molecule has 0 bridgehead atoms. The molecule has 4 aromatic rings. The molecule has 0 atom stereocenters. The summed E-state index contributed by atoms with van der Waals surface area (Å²) in [6.07, 6.45) is 1.72. The van der Waals surface area contributed by atoms with Crippen molar-refractivity contribution >= 4 is 32.6 Å². The van der Waals surface area contributed by atoms with E-state index in [0.717, 1.165) is 21.7 Å². The Morgan fingerprint density at radius 3 is 2.75 bits per heavy atom. The molecule has 1 amide bonds. The van der Waals surface area contributed by atoms with E-state index in [1.807, 2.05) is 43.3 Å². The molecule has 0 saturated heterocycles. The Kier molecular flexibility index (Phi) is 4.83. The average molecular weight is 393 g/mol. The highest BCUT2D eigenvalue weighted by molar-refractivity contribution is 7.22. The normalized spacial score (nSPS) is 11.0. The third-order valence-electron chi connectivity index (χ3n) is 4.38. The van der Waals surface area contributed by atoms with Crippen molar-refractivity contribution < 1.29 is 13.9 Å². The zero-order chi connectivity index (χ0) is 19.7. The zero-order valence-corrected chi connectivity index (χ0v) is 16.6. The van der Waals surface area contributed by atoms with Crippen molar-refractivity contribution in [3.8, 4) is 5.75 Å². The first kappa shape index (κ1) is 18.2. The lowest BCUT2D eigenvalue weighted by Crippen LogP contribution is -2.30. The van der Waals surface area contributed by atoms with Crippen LogP contribution in [0.4, 0.5) is 5.13 Å². The molecule has 0 unspecified atom stereocenters. The van der Waals surface area contributed by atoms with E-state index in [4.69, 9.17) is 9.15 Å². The van der Waals surface area contributed by atoms with Crippen molar-refractivity contribution in [2.75, 3.05) is 12.0 Å². The number of methoxy groups -OCH3 is 1. The molecular weight excluding hydrogens is 374 g/mol. The lowest BCUT2D eigenvalue weighted by molar-refractivity contribution is 0.0983. The maximum absolute atomic E-state index is 13.4. The lowest BCUT2D eigenvalue weighted by atomic mass is 10.2. The van der Waals surface area contributed by atoms with E-state index < -0.39 is 0 Å². The van der Waals surface area contributed by atoms with Gasteiger partial charge in [0.15, 0.2) is 5.13 Å². The Bertz CT molecular complexity index is 1130. The van der Waals surface area contributed by atoms with Crippen LogP contribution in [0, 0.1) is 13.8 Å². The third kappa shape index (κ3) is 3.48. The number of pyridine rings is 1. The van der Waals surface area contributed by atoms with Gasteiger partial charge in [0.2, 0.25) is 0 Å². The number of rotatable bonds is 5. The Hall–Kier alpha value is -3.19. The van der Waals surface area contributed by atoms with Crippen LogP contribution in [0.25, 0.3) is 10.2 Å². The minimum Gasteiger partial charge on any atom is -0.497 e. The van der Waals surface area contributed by atoms with E-state index in [1.165, 1.54) is 11.3 Å². The van der Waals surface area contributed by atoms with Crippen LogP contribution in [0.3, 0.4) is 0 Å². The second-order valence-corrected chi connectivity index (χ2v) is 7.38. The first-order valence-corrected chi connectivity index (χ1v) is 9.60. The van der Waals surface area contributed by atoms with Gasteiger partial charge in [-0.1, -0.05) is 17.4 Å². The van der Waals surface area contributed by atoms with Crippen LogP contribution in [0.5, 0.6) is 5.75 Å². The number of carbonyl (C=O) groups excluding carboxylic acids is 1. The maximum atomic E-state index is 13.4. The topological polar surface area (TPSA) is 68.5 Å². The quantitative estimate of drug-likeness (QED) is 0.489. The number of aromatic nitrogens is 2. The third-order valence-corrected chi connectivity index (χ3v) is 5.42. The number of hydrogen-bond donors (Lipinski definition) is 0. The van der Waals surface area contributed by atoms with E-state index in [2.05, 4.69) is 9.97 Å². The molecule has 3 heterocycles. The molecule has 0 N–H and O–H groups in total. The molecule has 0 aliphatic heterocycles. The summed E-state index contributed by atoms with van der Waals surface area (Å²) in [5.41, 5.74) is 2.13. The number of furan rings is 1. The SMILES string of the molecule is COc1ccc2nc(N(Cc3ccccn3)C(=O)c3cc(C)oc3C)sc2c1. The van der Waals surface area contributed by atoms with Crippen LogP contribution in [0.1, 0.15) is 27.6 Å². The first-order valence-electron chi connectivity index (χ1n) is 8.78. The second-order valence-electron chi connectivity index (χ2n) is 6.37. The van der Waals surface area contributed by atoms with Gasteiger partial charge < -0.3 is 9.15 Å². The molecule has 7 heteroatoms. The number of thiazole rings is 1. The van der Waals surface area contributed by atoms with Crippen molar-refractivity contribution in [3.05, 3.63) is 71.4 Å². The molecule has 0 aliphatic carbocycles. The molecule has 6 nitrogen and oxygen atoms in total. The first-order chi connectivity index (χ1) is 13.5. The van der Waals surface area contributed by atoms with E-state index in [1.54, 1.807) is 31.2 Å². The predicted octanol–water partition coefficient (Wildman–Crippen LogP) is 4.76. The molecule has 0 aliphatic rings. The largest absolute Gasteiger partial charge is 0.497 e. The summed E-state index contributed by atoms with van der Waals surface area (Å²) in [5, 5.41) is 0.608. The van der Waals surface area contributed by atoms with Crippen LogP contribution in [0.2, 0.25) is 0 Å². The smallest absolute Gasteiger partial charge is 0.263 e. The van der Waals surface area contributed by atoms with E-state index in [-0.39, 0.29) is 5.91 Å². The number of carbonyl (C=O) groups is 1. The summed E-state index contributed by atoms with van der Waals surface area (Å²) in [6, 6.07) is 13.1. The van der Waals surface area contributed by atoms with Crippen molar-refractivity contribution in [2.24, 2.45) is 0 Å². The Labute approximate surface area is 166 Å². The van der Waals surface area contributed by atoms with Gasteiger partial charge >= 0.3 is 0 Å². The zero-order valence-electron chi connectivity index (χ0n) is 15.8. The van der Waals surface area contributed by atoms with Gasteiger partial charge in [-0.05, 0) is 50.2 Å². The van der Waals surface area contributed by atoms with Gasteiger partial charge in [0.05, 0.1) is 35.1 Å². The number of fused-ring (bicyclic) bond motifs is 1. The van der Waals surface area contributed by atoms with E-state index in [0.29, 0.717) is 28.8 Å². The fourth-order valence-electron chi connectivity index (χ4n) is 3.00. The molecular formula is C21H19N3O3S. The van der Waals surface area contributed by atoms with Gasteiger partial charge in [-0.3, -0.25) is 14.7 Å². The maximum Gasteiger partial charge on any atom is 0.263 e. The number of anilines is 1. The molecule has 28 heavy (non-hydrogen) atoms. The minimum absolute atomic E-state index is 0.161. The molecule has 0 fully saturated rings. The number of hydrogen-bond acceptors (Lipinski definition) is 6. The number of nitrogens with zero attached hydrogens (tertiary/aromatic N) is 3. The molecule has 0 spiro atoms. The summed E-state index contributed by atoms with van der Waals surface area (Å²) in [5.74, 6) is 1.89. The fraction of sp³-hybridized carbons (Fsp3) is 0.190. The second kappa shape index (κ2) is 7.44. The van der Waals surface area contributed by atoms with Crippen LogP contribution in [-0.4, -0.2) is 23.0 Å². The number of amides is 1.